The fourth-order valence-corrected chi connectivity index (χ4v) is 2.57. The highest BCUT2D eigenvalue weighted by molar-refractivity contribution is 5.96. The lowest BCUT2D eigenvalue weighted by molar-refractivity contribution is -0.125. The summed E-state index contributed by atoms with van der Waals surface area (Å²) in [6, 6.07) is 2.69. The SMILES string of the molecule is CCCN(C(=O)c1cccnc1OC)[C@@H]1COC[C@@H](O)[C@H]1O. The van der Waals surface area contributed by atoms with Crippen LogP contribution in [0.5, 0.6) is 5.88 Å². The molecule has 2 rings (SSSR count). The van der Waals surface area contributed by atoms with E-state index in [0.717, 1.165) is 0 Å². The molecule has 1 fully saturated rings. The second-order valence-corrected chi connectivity index (χ2v) is 5.22. The van der Waals surface area contributed by atoms with E-state index in [1.165, 1.54) is 12.0 Å². The molecule has 1 aliphatic rings. The molecule has 0 bridgehead atoms. The number of amides is 1. The Morgan fingerprint density at radius 2 is 2.27 bits per heavy atom. The Morgan fingerprint density at radius 3 is 2.95 bits per heavy atom. The molecule has 122 valence electrons. The maximum absolute atomic E-state index is 12.8. The lowest BCUT2D eigenvalue weighted by atomic mass is 10.0. The van der Waals surface area contributed by atoms with Crippen LogP contribution in [0.4, 0.5) is 0 Å². The molecule has 1 aromatic rings. The Labute approximate surface area is 129 Å². The molecule has 7 nitrogen and oxygen atoms in total. The molecule has 1 aliphatic heterocycles. The maximum atomic E-state index is 12.8. The topological polar surface area (TPSA) is 92.1 Å². The Kier molecular flexibility index (Phi) is 5.70. The molecule has 0 saturated carbocycles. The van der Waals surface area contributed by atoms with Gasteiger partial charge in [-0.2, -0.15) is 0 Å². The van der Waals surface area contributed by atoms with Crippen LogP contribution in [0.25, 0.3) is 0 Å². The Hall–Kier alpha value is -1.70. The van der Waals surface area contributed by atoms with Crippen molar-refractivity contribution in [2.45, 2.75) is 31.6 Å². The van der Waals surface area contributed by atoms with E-state index in [-0.39, 0.29) is 25.0 Å². The summed E-state index contributed by atoms with van der Waals surface area (Å²) >= 11 is 0. The fraction of sp³-hybridized carbons (Fsp3) is 0.600. The molecule has 0 radical (unpaired) electrons. The highest BCUT2D eigenvalue weighted by Gasteiger charge is 2.38. The van der Waals surface area contributed by atoms with Crippen molar-refractivity contribution in [2.75, 3.05) is 26.9 Å². The molecule has 7 heteroatoms. The van der Waals surface area contributed by atoms with Gasteiger partial charge in [-0.25, -0.2) is 4.98 Å². The van der Waals surface area contributed by atoms with Gasteiger partial charge in [-0.1, -0.05) is 6.92 Å². The van der Waals surface area contributed by atoms with Crippen LogP contribution in [0.1, 0.15) is 23.7 Å². The quantitative estimate of drug-likeness (QED) is 0.799. The second kappa shape index (κ2) is 7.53. The predicted molar refractivity (Wildman–Crippen MR) is 78.7 cm³/mol. The molecule has 3 atom stereocenters. The van der Waals surface area contributed by atoms with Gasteiger partial charge < -0.3 is 24.6 Å². The zero-order valence-electron chi connectivity index (χ0n) is 12.8. The summed E-state index contributed by atoms with van der Waals surface area (Å²) in [6.07, 6.45) is 0.226. The third-order valence-electron chi connectivity index (χ3n) is 3.69. The number of aliphatic hydroxyl groups excluding tert-OH is 2. The molecule has 0 aliphatic carbocycles. The number of hydrogen-bond donors (Lipinski definition) is 2. The summed E-state index contributed by atoms with van der Waals surface area (Å²) in [4.78, 5) is 18.4. The monoisotopic (exact) mass is 310 g/mol. The number of aromatic nitrogens is 1. The summed E-state index contributed by atoms with van der Waals surface area (Å²) in [5.74, 6) is -0.0612. The van der Waals surface area contributed by atoms with Gasteiger partial charge in [0, 0.05) is 12.7 Å². The van der Waals surface area contributed by atoms with Gasteiger partial charge in [0.05, 0.1) is 26.4 Å². The summed E-state index contributed by atoms with van der Waals surface area (Å²) in [7, 11) is 1.45. The van der Waals surface area contributed by atoms with Crippen LogP contribution >= 0.6 is 0 Å². The molecule has 2 N–H and O–H groups in total. The minimum atomic E-state index is -1.04. The van der Waals surface area contributed by atoms with Crippen molar-refractivity contribution in [2.24, 2.45) is 0 Å². The zero-order valence-corrected chi connectivity index (χ0v) is 12.8. The standard InChI is InChI=1S/C15H22N2O5/c1-3-7-17(11-8-22-9-12(18)13(11)19)15(20)10-5-4-6-16-14(10)21-2/h4-6,11-13,18-19H,3,7-9H2,1-2H3/t11-,12-,13+/m1/s1. The average Bonchev–Trinajstić information content (AvgIpc) is 2.55. The number of nitrogens with zero attached hydrogens (tertiary/aromatic N) is 2. The Balaban J connectivity index is 2.28. The van der Waals surface area contributed by atoms with Gasteiger partial charge >= 0.3 is 0 Å². The first-order valence-corrected chi connectivity index (χ1v) is 7.34. The minimum absolute atomic E-state index is 0.0715. The number of pyridine rings is 1. The molecular weight excluding hydrogens is 288 g/mol. The summed E-state index contributed by atoms with van der Waals surface area (Å²) in [5.41, 5.74) is 0.325. The van der Waals surface area contributed by atoms with Crippen LogP contribution in [-0.4, -0.2) is 71.1 Å². The van der Waals surface area contributed by atoms with Gasteiger partial charge in [-0.3, -0.25) is 4.79 Å². The van der Waals surface area contributed by atoms with E-state index in [2.05, 4.69) is 4.98 Å². The van der Waals surface area contributed by atoms with Crippen LogP contribution in [-0.2, 0) is 4.74 Å². The lowest BCUT2D eigenvalue weighted by Crippen LogP contribution is -2.57. The van der Waals surface area contributed by atoms with Crippen molar-refractivity contribution in [3.8, 4) is 5.88 Å². The largest absolute Gasteiger partial charge is 0.480 e. The second-order valence-electron chi connectivity index (χ2n) is 5.22. The number of hydrogen-bond acceptors (Lipinski definition) is 6. The number of carbonyl (C=O) groups is 1. The van der Waals surface area contributed by atoms with Crippen molar-refractivity contribution in [1.82, 2.24) is 9.88 Å². The van der Waals surface area contributed by atoms with Gasteiger partial charge in [-0.15, -0.1) is 0 Å². The van der Waals surface area contributed by atoms with Gasteiger partial charge in [0.2, 0.25) is 5.88 Å². The number of carbonyl (C=O) groups excluding carboxylic acids is 1. The Morgan fingerprint density at radius 1 is 1.50 bits per heavy atom. The fourth-order valence-electron chi connectivity index (χ4n) is 2.57. The first-order valence-electron chi connectivity index (χ1n) is 7.34. The zero-order chi connectivity index (χ0) is 16.1. The number of ether oxygens (including phenoxy) is 2. The first-order chi connectivity index (χ1) is 10.6. The van der Waals surface area contributed by atoms with E-state index in [1.807, 2.05) is 6.92 Å². The summed E-state index contributed by atoms with van der Waals surface area (Å²) in [5, 5.41) is 20.0. The summed E-state index contributed by atoms with van der Waals surface area (Å²) < 4.78 is 10.4. The van der Waals surface area contributed by atoms with Crippen LogP contribution in [0.3, 0.4) is 0 Å². The van der Waals surface area contributed by atoms with E-state index in [0.29, 0.717) is 18.5 Å². The van der Waals surface area contributed by atoms with Crippen molar-refractivity contribution in [3.05, 3.63) is 23.9 Å². The van der Waals surface area contributed by atoms with Crippen LogP contribution in [0, 0.1) is 0 Å². The number of methoxy groups -OCH3 is 1. The van der Waals surface area contributed by atoms with Gasteiger partial charge in [0.15, 0.2) is 0 Å². The third kappa shape index (κ3) is 3.37. The molecule has 1 saturated heterocycles. The third-order valence-corrected chi connectivity index (χ3v) is 3.69. The van der Waals surface area contributed by atoms with Crippen LogP contribution in [0.2, 0.25) is 0 Å². The molecule has 0 unspecified atom stereocenters. The molecule has 0 spiro atoms. The number of aliphatic hydroxyl groups is 2. The van der Waals surface area contributed by atoms with Crippen LogP contribution < -0.4 is 4.74 Å². The van der Waals surface area contributed by atoms with E-state index in [4.69, 9.17) is 9.47 Å². The van der Waals surface area contributed by atoms with Gasteiger partial charge in [-0.05, 0) is 18.6 Å². The molecule has 1 aromatic heterocycles. The smallest absolute Gasteiger partial charge is 0.259 e. The van der Waals surface area contributed by atoms with Gasteiger partial charge in [0.1, 0.15) is 17.8 Å². The molecular formula is C15H22N2O5. The van der Waals surface area contributed by atoms with Crippen molar-refractivity contribution < 1.29 is 24.5 Å². The highest BCUT2D eigenvalue weighted by atomic mass is 16.5. The van der Waals surface area contributed by atoms with E-state index < -0.39 is 18.2 Å². The van der Waals surface area contributed by atoms with E-state index in [9.17, 15) is 15.0 Å². The van der Waals surface area contributed by atoms with Crippen molar-refractivity contribution in [3.63, 3.8) is 0 Å². The minimum Gasteiger partial charge on any atom is -0.480 e. The molecule has 1 amide bonds. The molecule has 2 heterocycles. The lowest BCUT2D eigenvalue weighted by Gasteiger charge is -2.39. The van der Waals surface area contributed by atoms with Crippen molar-refractivity contribution >= 4 is 5.91 Å². The number of rotatable bonds is 5. The summed E-state index contributed by atoms with van der Waals surface area (Å²) in [6.45, 7) is 2.64. The molecule has 0 aromatic carbocycles. The van der Waals surface area contributed by atoms with Crippen molar-refractivity contribution in [1.29, 1.82) is 0 Å². The van der Waals surface area contributed by atoms with Gasteiger partial charge in [0.25, 0.3) is 5.91 Å². The average molecular weight is 310 g/mol. The molecule has 22 heavy (non-hydrogen) atoms. The Bertz CT molecular complexity index is 510. The normalized spacial score (nSPS) is 24.8. The maximum Gasteiger partial charge on any atom is 0.259 e. The highest BCUT2D eigenvalue weighted by Crippen LogP contribution is 2.22. The van der Waals surface area contributed by atoms with E-state index >= 15 is 0 Å². The predicted octanol–water partition coefficient (Wildman–Crippen LogP) is 0.0630. The first kappa shape index (κ1) is 16.7. The van der Waals surface area contributed by atoms with E-state index in [1.54, 1.807) is 18.3 Å². The van der Waals surface area contributed by atoms with Crippen LogP contribution in [0.15, 0.2) is 18.3 Å².